The molecule has 2 rings (SSSR count). The lowest BCUT2D eigenvalue weighted by Gasteiger charge is -2.19. The third-order valence-electron chi connectivity index (χ3n) is 3.52. The van der Waals surface area contributed by atoms with E-state index in [4.69, 9.17) is 0 Å². The van der Waals surface area contributed by atoms with Crippen molar-refractivity contribution in [3.8, 4) is 0 Å². The summed E-state index contributed by atoms with van der Waals surface area (Å²) < 4.78 is 0. The summed E-state index contributed by atoms with van der Waals surface area (Å²) in [6.45, 7) is 10.6. The van der Waals surface area contributed by atoms with Crippen LogP contribution in [0.15, 0.2) is 36.4 Å². The highest BCUT2D eigenvalue weighted by molar-refractivity contribution is 6.02. The summed E-state index contributed by atoms with van der Waals surface area (Å²) in [6, 6.07) is 11.4. The van der Waals surface area contributed by atoms with Crippen LogP contribution in [0.25, 0.3) is 0 Å². The molecule has 1 N–H and O–H groups in total. The zero-order chi connectivity index (χ0) is 16.3. The summed E-state index contributed by atoms with van der Waals surface area (Å²) in [5.41, 5.74) is 3.29. The number of aromatic nitrogens is 2. The first kappa shape index (κ1) is 16.1. The number of nitrogens with zero attached hydrogens (tertiary/aromatic N) is 2. The Morgan fingerprint density at radius 2 is 1.64 bits per heavy atom. The van der Waals surface area contributed by atoms with Crippen molar-refractivity contribution in [2.45, 2.75) is 46.0 Å². The van der Waals surface area contributed by atoms with Crippen molar-refractivity contribution < 1.29 is 4.79 Å². The Labute approximate surface area is 132 Å². The van der Waals surface area contributed by atoms with Gasteiger partial charge in [0.1, 0.15) is 0 Å². The Morgan fingerprint density at radius 3 is 2.09 bits per heavy atom. The quantitative estimate of drug-likeness (QED) is 0.926. The van der Waals surface area contributed by atoms with E-state index in [9.17, 15) is 4.79 Å². The van der Waals surface area contributed by atoms with E-state index in [-0.39, 0.29) is 11.3 Å². The molecule has 2 aromatic rings. The Bertz CT molecular complexity index is 638. The molecule has 0 aliphatic heterocycles. The van der Waals surface area contributed by atoms with Crippen molar-refractivity contribution in [3.63, 3.8) is 0 Å². The van der Waals surface area contributed by atoms with Crippen molar-refractivity contribution >= 4 is 11.6 Å². The molecular formula is C18H23N3O. The third-order valence-corrected chi connectivity index (χ3v) is 3.52. The van der Waals surface area contributed by atoms with Crippen LogP contribution in [0.2, 0.25) is 0 Å². The van der Waals surface area contributed by atoms with Crippen LogP contribution in [0.1, 0.15) is 62.3 Å². The van der Waals surface area contributed by atoms with E-state index in [0.29, 0.717) is 11.6 Å². The summed E-state index contributed by atoms with van der Waals surface area (Å²) in [6.07, 6.45) is 0. The number of rotatable bonds is 3. The molecule has 0 saturated heterocycles. The number of benzene rings is 1. The van der Waals surface area contributed by atoms with Gasteiger partial charge in [-0.25, -0.2) is 0 Å². The van der Waals surface area contributed by atoms with Gasteiger partial charge >= 0.3 is 0 Å². The van der Waals surface area contributed by atoms with Crippen LogP contribution in [0, 0.1) is 0 Å². The fraction of sp³-hybridized carbons (Fsp3) is 0.389. The number of hydrogen-bond acceptors (Lipinski definition) is 3. The molecular weight excluding hydrogens is 274 g/mol. The zero-order valence-corrected chi connectivity index (χ0v) is 13.8. The Morgan fingerprint density at radius 1 is 1.00 bits per heavy atom. The average molecular weight is 297 g/mol. The van der Waals surface area contributed by atoms with Crippen LogP contribution in [0.4, 0.5) is 5.69 Å². The fourth-order valence-corrected chi connectivity index (χ4v) is 2.02. The Kier molecular flexibility index (Phi) is 4.59. The summed E-state index contributed by atoms with van der Waals surface area (Å²) in [7, 11) is 0. The first-order valence-electron chi connectivity index (χ1n) is 7.53. The minimum absolute atomic E-state index is 0.0979. The van der Waals surface area contributed by atoms with Gasteiger partial charge in [0.15, 0.2) is 5.69 Å². The standard InChI is InChI=1S/C18H23N3O/c1-12(2)15-10-11-16(21-20-15)17(22)19-14-8-6-13(7-9-14)18(3,4)5/h6-12H,1-5H3,(H,19,22). The monoisotopic (exact) mass is 297 g/mol. The number of nitrogens with one attached hydrogen (secondary N) is 1. The fourth-order valence-electron chi connectivity index (χ4n) is 2.02. The smallest absolute Gasteiger partial charge is 0.276 e. The van der Waals surface area contributed by atoms with Crippen LogP contribution in [-0.4, -0.2) is 16.1 Å². The van der Waals surface area contributed by atoms with Gasteiger partial charge in [-0.3, -0.25) is 4.79 Å². The molecule has 0 unspecified atom stereocenters. The predicted molar refractivity (Wildman–Crippen MR) is 89.2 cm³/mol. The van der Waals surface area contributed by atoms with Gasteiger partial charge in [-0.1, -0.05) is 46.8 Å². The Hall–Kier alpha value is -2.23. The lowest BCUT2D eigenvalue weighted by atomic mass is 9.87. The van der Waals surface area contributed by atoms with Crippen LogP contribution in [0.3, 0.4) is 0 Å². The van der Waals surface area contributed by atoms with Gasteiger partial charge < -0.3 is 5.32 Å². The molecule has 0 bridgehead atoms. The van der Waals surface area contributed by atoms with Crippen molar-refractivity contribution in [1.29, 1.82) is 0 Å². The normalized spacial score (nSPS) is 11.5. The third kappa shape index (κ3) is 3.91. The maximum absolute atomic E-state index is 12.2. The lowest BCUT2D eigenvalue weighted by molar-refractivity contribution is 0.102. The summed E-state index contributed by atoms with van der Waals surface area (Å²) in [5, 5.41) is 10.9. The highest BCUT2D eigenvalue weighted by Gasteiger charge is 2.14. The number of amides is 1. The first-order valence-corrected chi connectivity index (χ1v) is 7.53. The van der Waals surface area contributed by atoms with Crippen molar-refractivity contribution in [3.05, 3.63) is 53.3 Å². The van der Waals surface area contributed by atoms with E-state index in [1.165, 1.54) is 5.56 Å². The summed E-state index contributed by atoms with van der Waals surface area (Å²) in [5.74, 6) is 0.0564. The van der Waals surface area contributed by atoms with Gasteiger partial charge in [-0.05, 0) is 41.2 Å². The van der Waals surface area contributed by atoms with Gasteiger partial charge in [-0.15, -0.1) is 5.10 Å². The number of anilines is 1. The van der Waals surface area contributed by atoms with Crippen molar-refractivity contribution in [1.82, 2.24) is 10.2 Å². The number of hydrogen-bond donors (Lipinski definition) is 1. The highest BCUT2D eigenvalue weighted by Crippen LogP contribution is 2.23. The van der Waals surface area contributed by atoms with E-state index in [0.717, 1.165) is 11.4 Å². The van der Waals surface area contributed by atoms with Crippen molar-refractivity contribution in [2.24, 2.45) is 0 Å². The predicted octanol–water partition coefficient (Wildman–Crippen LogP) is 4.15. The van der Waals surface area contributed by atoms with Crippen LogP contribution in [0.5, 0.6) is 0 Å². The molecule has 22 heavy (non-hydrogen) atoms. The molecule has 1 heterocycles. The molecule has 0 spiro atoms. The highest BCUT2D eigenvalue weighted by atomic mass is 16.1. The molecule has 0 atom stereocenters. The van der Waals surface area contributed by atoms with E-state index >= 15 is 0 Å². The SMILES string of the molecule is CC(C)c1ccc(C(=O)Nc2ccc(C(C)(C)C)cc2)nn1. The molecule has 4 nitrogen and oxygen atoms in total. The van der Waals surface area contributed by atoms with E-state index < -0.39 is 0 Å². The van der Waals surface area contributed by atoms with E-state index in [1.54, 1.807) is 6.07 Å². The largest absolute Gasteiger partial charge is 0.321 e. The molecule has 0 fully saturated rings. The maximum Gasteiger partial charge on any atom is 0.276 e. The second-order valence-electron chi connectivity index (χ2n) is 6.78. The topological polar surface area (TPSA) is 54.9 Å². The molecule has 0 radical (unpaired) electrons. The van der Waals surface area contributed by atoms with Crippen LogP contribution >= 0.6 is 0 Å². The molecule has 1 aromatic heterocycles. The van der Waals surface area contributed by atoms with Gasteiger partial charge in [0.05, 0.1) is 5.69 Å². The molecule has 0 aliphatic carbocycles. The molecule has 0 saturated carbocycles. The average Bonchev–Trinajstić information content (AvgIpc) is 2.47. The number of carbonyl (C=O) groups excluding carboxylic acids is 1. The van der Waals surface area contributed by atoms with Gasteiger partial charge in [0.2, 0.25) is 0 Å². The molecule has 116 valence electrons. The molecule has 1 aromatic carbocycles. The second kappa shape index (κ2) is 6.26. The summed E-state index contributed by atoms with van der Waals surface area (Å²) >= 11 is 0. The maximum atomic E-state index is 12.2. The molecule has 1 amide bonds. The van der Waals surface area contributed by atoms with Gasteiger partial charge in [-0.2, -0.15) is 5.10 Å². The molecule has 0 aliphatic rings. The number of carbonyl (C=O) groups is 1. The summed E-state index contributed by atoms with van der Waals surface area (Å²) in [4.78, 5) is 12.2. The minimum Gasteiger partial charge on any atom is -0.321 e. The second-order valence-corrected chi connectivity index (χ2v) is 6.78. The molecule has 4 heteroatoms. The van der Waals surface area contributed by atoms with E-state index in [1.807, 2.05) is 44.2 Å². The zero-order valence-electron chi connectivity index (χ0n) is 13.8. The van der Waals surface area contributed by atoms with Crippen molar-refractivity contribution in [2.75, 3.05) is 5.32 Å². The van der Waals surface area contributed by atoms with E-state index in [2.05, 4.69) is 36.3 Å². The first-order chi connectivity index (χ1) is 10.3. The van der Waals surface area contributed by atoms with Gasteiger partial charge in [0, 0.05) is 5.69 Å². The van der Waals surface area contributed by atoms with Crippen LogP contribution in [-0.2, 0) is 5.41 Å². The van der Waals surface area contributed by atoms with Crippen LogP contribution < -0.4 is 5.32 Å². The lowest BCUT2D eigenvalue weighted by Crippen LogP contribution is -2.15. The Balaban J connectivity index is 2.08. The minimum atomic E-state index is -0.244. The van der Waals surface area contributed by atoms with Gasteiger partial charge in [0.25, 0.3) is 5.91 Å².